The van der Waals surface area contributed by atoms with Gasteiger partial charge in [0.15, 0.2) is 17.6 Å². The molecule has 0 fully saturated rings. The minimum Gasteiger partial charge on any atom is -0.504 e. The lowest BCUT2D eigenvalue weighted by atomic mass is 9.93. The highest BCUT2D eigenvalue weighted by Crippen LogP contribution is 2.43. The predicted octanol–water partition coefficient (Wildman–Crippen LogP) is 2.14. The van der Waals surface area contributed by atoms with Gasteiger partial charge in [-0.3, -0.25) is 4.79 Å². The number of hydrogen-bond donors (Lipinski definition) is 2. The molecule has 1 aliphatic heterocycles. The zero-order valence-corrected chi connectivity index (χ0v) is 11.3. The topological polar surface area (TPSA) is 76.0 Å². The van der Waals surface area contributed by atoms with Gasteiger partial charge in [-0.1, -0.05) is 30.3 Å². The number of benzene rings is 2. The van der Waals surface area contributed by atoms with Gasteiger partial charge in [0.2, 0.25) is 5.78 Å². The number of hydrogen-bond acceptors (Lipinski definition) is 5. The largest absolute Gasteiger partial charge is 0.504 e. The minimum absolute atomic E-state index is 0.148. The van der Waals surface area contributed by atoms with Crippen molar-refractivity contribution in [1.29, 1.82) is 0 Å². The number of phenolic OH excluding ortho intramolecular Hbond substituents is 1. The molecular weight excluding hydrogens is 272 g/mol. The molecule has 2 aromatic carbocycles. The number of aromatic hydroxyl groups is 1. The Bertz CT molecular complexity index is 681. The predicted molar refractivity (Wildman–Crippen MR) is 74.4 cm³/mol. The summed E-state index contributed by atoms with van der Waals surface area (Å²) in [4.78, 5) is 12.3. The van der Waals surface area contributed by atoms with Crippen molar-refractivity contribution in [3.63, 3.8) is 0 Å². The van der Waals surface area contributed by atoms with E-state index >= 15 is 0 Å². The zero-order valence-electron chi connectivity index (χ0n) is 11.3. The fourth-order valence-corrected chi connectivity index (χ4v) is 2.39. The van der Waals surface area contributed by atoms with E-state index in [1.54, 1.807) is 24.3 Å². The Kier molecular flexibility index (Phi) is 3.27. The van der Waals surface area contributed by atoms with Gasteiger partial charge in [-0.2, -0.15) is 0 Å². The number of aliphatic hydroxyl groups is 1. The molecule has 2 unspecified atom stereocenters. The van der Waals surface area contributed by atoms with E-state index < -0.39 is 18.0 Å². The first-order valence-corrected chi connectivity index (χ1v) is 6.46. The first-order chi connectivity index (χ1) is 10.1. The van der Waals surface area contributed by atoms with Crippen molar-refractivity contribution in [3.8, 4) is 17.2 Å². The number of ether oxygens (including phenoxy) is 2. The van der Waals surface area contributed by atoms with E-state index in [0.717, 1.165) is 0 Å². The Morgan fingerprint density at radius 2 is 1.90 bits per heavy atom. The van der Waals surface area contributed by atoms with Crippen molar-refractivity contribution in [2.24, 2.45) is 0 Å². The third-order valence-electron chi connectivity index (χ3n) is 3.48. The average molecular weight is 286 g/mol. The number of aliphatic hydroxyl groups excluding tert-OH is 1. The van der Waals surface area contributed by atoms with Crippen LogP contribution in [-0.2, 0) is 4.79 Å². The number of rotatable bonds is 2. The molecule has 2 atom stereocenters. The van der Waals surface area contributed by atoms with Crippen LogP contribution in [0, 0.1) is 0 Å². The number of ketones is 1. The molecule has 1 heterocycles. The lowest BCUT2D eigenvalue weighted by Gasteiger charge is -2.29. The Hall–Kier alpha value is -2.53. The average Bonchev–Trinajstić information content (AvgIpc) is 2.52. The third-order valence-corrected chi connectivity index (χ3v) is 3.48. The van der Waals surface area contributed by atoms with Crippen LogP contribution < -0.4 is 9.47 Å². The highest BCUT2D eigenvalue weighted by molar-refractivity contribution is 5.91. The van der Waals surface area contributed by atoms with Crippen LogP contribution in [0.4, 0.5) is 0 Å². The van der Waals surface area contributed by atoms with Gasteiger partial charge >= 0.3 is 0 Å². The number of carbonyl (C=O) groups excluding carboxylic acids is 1. The van der Waals surface area contributed by atoms with Crippen LogP contribution in [0.1, 0.15) is 23.3 Å². The molecule has 3 rings (SSSR count). The molecule has 2 N–H and O–H groups in total. The lowest BCUT2D eigenvalue weighted by Crippen LogP contribution is -2.30. The summed E-state index contributed by atoms with van der Waals surface area (Å²) in [6.07, 6.45) is -2.21. The van der Waals surface area contributed by atoms with Crippen molar-refractivity contribution in [2.45, 2.75) is 12.2 Å². The van der Waals surface area contributed by atoms with Crippen LogP contribution in [0.25, 0.3) is 0 Å². The molecule has 0 bridgehead atoms. The minimum atomic E-state index is -1.34. The molecule has 0 amide bonds. The molecule has 21 heavy (non-hydrogen) atoms. The summed E-state index contributed by atoms with van der Waals surface area (Å²) in [5.41, 5.74) is 0.907. The standard InChI is InChI=1S/C16H14O5/c1-20-13-8-12-10(7-11(13)17)14(18)15(19)16(21-12)9-5-3-2-4-6-9/h2-8,14,16-18H,1H3. The van der Waals surface area contributed by atoms with Gasteiger partial charge in [-0.05, 0) is 11.6 Å². The van der Waals surface area contributed by atoms with Crippen LogP contribution in [0.3, 0.4) is 0 Å². The summed E-state index contributed by atoms with van der Waals surface area (Å²) < 4.78 is 10.7. The first kappa shape index (κ1) is 13.5. The molecule has 0 saturated heterocycles. The summed E-state index contributed by atoms with van der Waals surface area (Å²) in [6.45, 7) is 0. The van der Waals surface area contributed by atoms with E-state index in [-0.39, 0.29) is 17.1 Å². The second-order valence-corrected chi connectivity index (χ2v) is 4.78. The van der Waals surface area contributed by atoms with Gasteiger partial charge < -0.3 is 19.7 Å². The van der Waals surface area contributed by atoms with E-state index in [9.17, 15) is 15.0 Å². The molecule has 5 nitrogen and oxygen atoms in total. The normalized spacial score (nSPS) is 20.6. The van der Waals surface area contributed by atoms with Crippen molar-refractivity contribution in [1.82, 2.24) is 0 Å². The summed E-state index contributed by atoms with van der Waals surface area (Å²) in [5.74, 6) is -0.0594. The summed E-state index contributed by atoms with van der Waals surface area (Å²) in [7, 11) is 1.42. The van der Waals surface area contributed by atoms with Gasteiger partial charge in [0.05, 0.1) is 7.11 Å². The lowest BCUT2D eigenvalue weighted by molar-refractivity contribution is -0.137. The number of carbonyl (C=O) groups is 1. The fraction of sp³-hybridized carbons (Fsp3) is 0.188. The van der Waals surface area contributed by atoms with Crippen LogP contribution in [0.5, 0.6) is 17.2 Å². The Balaban J connectivity index is 2.06. The number of Topliss-reactive ketones (excluding diaryl/α,β-unsaturated/α-hetero) is 1. The molecular formula is C16H14O5. The summed E-state index contributed by atoms with van der Waals surface area (Å²) >= 11 is 0. The molecule has 0 saturated carbocycles. The third kappa shape index (κ3) is 2.21. The maximum atomic E-state index is 12.3. The molecule has 0 spiro atoms. The van der Waals surface area contributed by atoms with E-state index in [1.807, 2.05) is 6.07 Å². The van der Waals surface area contributed by atoms with E-state index in [2.05, 4.69) is 0 Å². The highest BCUT2D eigenvalue weighted by atomic mass is 16.5. The Morgan fingerprint density at radius 1 is 1.19 bits per heavy atom. The molecule has 0 aliphatic carbocycles. The number of methoxy groups -OCH3 is 1. The van der Waals surface area contributed by atoms with Crippen LogP contribution >= 0.6 is 0 Å². The molecule has 108 valence electrons. The van der Waals surface area contributed by atoms with Crippen molar-refractivity contribution < 1.29 is 24.5 Å². The second kappa shape index (κ2) is 5.10. The van der Waals surface area contributed by atoms with E-state index in [1.165, 1.54) is 19.2 Å². The van der Waals surface area contributed by atoms with E-state index in [0.29, 0.717) is 11.3 Å². The summed E-state index contributed by atoms with van der Waals surface area (Å²) in [5, 5.41) is 19.9. The molecule has 0 radical (unpaired) electrons. The second-order valence-electron chi connectivity index (χ2n) is 4.78. The van der Waals surface area contributed by atoms with E-state index in [4.69, 9.17) is 9.47 Å². The van der Waals surface area contributed by atoms with Crippen LogP contribution in [0.15, 0.2) is 42.5 Å². The van der Waals surface area contributed by atoms with Crippen LogP contribution in [-0.4, -0.2) is 23.1 Å². The first-order valence-electron chi connectivity index (χ1n) is 6.46. The monoisotopic (exact) mass is 286 g/mol. The van der Waals surface area contributed by atoms with Gasteiger partial charge in [0, 0.05) is 11.6 Å². The number of phenols is 1. The molecule has 0 aromatic heterocycles. The van der Waals surface area contributed by atoms with Gasteiger partial charge in [0.25, 0.3) is 0 Å². The molecule has 5 heteroatoms. The van der Waals surface area contributed by atoms with Gasteiger partial charge in [-0.15, -0.1) is 0 Å². The van der Waals surface area contributed by atoms with Crippen molar-refractivity contribution in [2.75, 3.05) is 7.11 Å². The number of fused-ring (bicyclic) bond motifs is 1. The van der Waals surface area contributed by atoms with Gasteiger partial charge in [-0.25, -0.2) is 0 Å². The Morgan fingerprint density at radius 3 is 2.57 bits per heavy atom. The zero-order chi connectivity index (χ0) is 15.0. The highest BCUT2D eigenvalue weighted by Gasteiger charge is 2.37. The maximum absolute atomic E-state index is 12.3. The summed E-state index contributed by atoms with van der Waals surface area (Å²) in [6, 6.07) is 11.7. The maximum Gasteiger partial charge on any atom is 0.210 e. The fourth-order valence-electron chi connectivity index (χ4n) is 2.39. The van der Waals surface area contributed by atoms with Crippen LogP contribution in [0.2, 0.25) is 0 Å². The Labute approximate surface area is 121 Å². The van der Waals surface area contributed by atoms with Gasteiger partial charge in [0.1, 0.15) is 11.9 Å². The molecule has 2 aromatic rings. The molecule has 1 aliphatic rings. The quantitative estimate of drug-likeness (QED) is 0.884. The van der Waals surface area contributed by atoms with Crippen molar-refractivity contribution in [3.05, 3.63) is 53.6 Å². The van der Waals surface area contributed by atoms with Crippen molar-refractivity contribution >= 4 is 5.78 Å². The SMILES string of the molecule is COc1cc2c(cc1O)C(O)C(=O)C(c1ccccc1)O2. The smallest absolute Gasteiger partial charge is 0.210 e.